The number of diazo groups is 1. The van der Waals surface area contributed by atoms with Gasteiger partial charge >= 0.3 is 5.08 Å². The first kappa shape index (κ1) is 9.86. The maximum absolute atomic E-state index is 8.43. The monoisotopic (exact) mass is 210 g/mol. The lowest BCUT2D eigenvalue weighted by molar-refractivity contribution is 1.21. The molecule has 6 nitrogen and oxygen atoms in total. The molecule has 0 aromatic carbocycles. The van der Waals surface area contributed by atoms with Crippen molar-refractivity contribution in [1.29, 1.82) is 5.39 Å². The van der Waals surface area contributed by atoms with Gasteiger partial charge in [0.05, 0.1) is 0 Å². The maximum Gasteiger partial charge on any atom is 0.339 e. The molecule has 0 N–H and O–H groups in total. The zero-order valence-corrected chi connectivity index (χ0v) is 8.15. The summed E-state index contributed by atoms with van der Waals surface area (Å²) in [5.41, 5.74) is 11.0. The minimum absolute atomic E-state index is 0.523. The van der Waals surface area contributed by atoms with Crippen molar-refractivity contribution in [3.63, 3.8) is 0 Å². The number of allylic oxidation sites excluding steroid dienone is 8. The molecule has 0 radical (unpaired) electrons. The molecule has 0 fully saturated rings. The molecule has 0 atom stereocenters. The minimum Gasteiger partial charge on any atom is -0.362 e. The van der Waals surface area contributed by atoms with E-state index < -0.39 is 0 Å². The van der Waals surface area contributed by atoms with Crippen LogP contribution in [0.25, 0.3) is 10.6 Å². The Morgan fingerprint density at radius 3 is 2.31 bits per heavy atom. The van der Waals surface area contributed by atoms with Crippen molar-refractivity contribution in [2.45, 2.75) is 0 Å². The Bertz CT molecular complexity index is 550. The molecule has 0 aromatic rings. The molecule has 0 heterocycles. The highest BCUT2D eigenvalue weighted by atomic mass is 15.3. The lowest BCUT2D eigenvalue weighted by Gasteiger charge is -2.18. The summed E-state index contributed by atoms with van der Waals surface area (Å²) in [5, 5.41) is 21.1. The second-order valence-corrected chi connectivity index (χ2v) is 3.03. The quantitative estimate of drug-likeness (QED) is 0.371. The van der Waals surface area contributed by atoms with Gasteiger partial charge in [-0.3, -0.25) is 5.22 Å². The molecule has 76 valence electrons. The van der Waals surface area contributed by atoms with E-state index in [1.54, 1.807) is 24.3 Å². The van der Waals surface area contributed by atoms with Crippen LogP contribution in [-0.4, -0.2) is 11.4 Å². The van der Waals surface area contributed by atoms with Crippen LogP contribution in [0.3, 0.4) is 0 Å². The predicted molar refractivity (Wildman–Crippen MR) is 60.2 cm³/mol. The van der Waals surface area contributed by atoms with Crippen LogP contribution >= 0.6 is 0 Å². The van der Waals surface area contributed by atoms with Crippen molar-refractivity contribution in [2.24, 2.45) is 15.4 Å². The highest BCUT2D eigenvalue weighted by molar-refractivity contribution is 6.25. The molecular weight excluding hydrogens is 204 g/mol. The van der Waals surface area contributed by atoms with Crippen LogP contribution in [0.4, 0.5) is 0 Å². The van der Waals surface area contributed by atoms with Crippen molar-refractivity contribution in [3.8, 4) is 0 Å². The average Bonchev–Trinajstić information content (AvgIpc) is 2.31. The van der Waals surface area contributed by atoms with E-state index >= 15 is 0 Å². The lowest BCUT2D eigenvalue weighted by Crippen LogP contribution is -2.14. The van der Waals surface area contributed by atoms with Gasteiger partial charge in [0.15, 0.2) is 10.8 Å². The first-order valence-corrected chi connectivity index (χ1v) is 4.49. The number of hydrogen-bond donors (Lipinski definition) is 0. The summed E-state index contributed by atoms with van der Waals surface area (Å²) in [6.45, 7) is 0. The molecule has 0 bridgehead atoms. The van der Waals surface area contributed by atoms with Gasteiger partial charge in [-0.15, -0.1) is 0 Å². The third-order valence-corrected chi connectivity index (χ3v) is 2.18. The van der Waals surface area contributed by atoms with Crippen molar-refractivity contribution >= 4 is 11.4 Å². The highest BCUT2D eigenvalue weighted by Gasteiger charge is 2.19. The van der Waals surface area contributed by atoms with Crippen molar-refractivity contribution in [2.75, 3.05) is 0 Å². The van der Waals surface area contributed by atoms with Gasteiger partial charge in [-0.1, -0.05) is 30.4 Å². The lowest BCUT2D eigenvalue weighted by atomic mass is 9.89. The fourth-order valence-electron chi connectivity index (χ4n) is 1.55. The maximum atomic E-state index is 8.43. The molecule has 2 rings (SSSR count). The summed E-state index contributed by atoms with van der Waals surface area (Å²) in [7, 11) is 0. The van der Waals surface area contributed by atoms with Gasteiger partial charge in [-0.25, -0.2) is 0 Å². The zero-order chi connectivity index (χ0) is 11.4. The van der Waals surface area contributed by atoms with E-state index in [1.165, 1.54) is 0 Å². The van der Waals surface area contributed by atoms with Crippen LogP contribution in [0.15, 0.2) is 63.0 Å². The Morgan fingerprint density at radius 1 is 1.06 bits per heavy atom. The summed E-state index contributed by atoms with van der Waals surface area (Å²) >= 11 is 0. The Hall–Kier alpha value is -2.68. The minimum atomic E-state index is 0.523. The van der Waals surface area contributed by atoms with Gasteiger partial charge in [0.25, 0.3) is 5.39 Å². The molecule has 6 heteroatoms. The fourth-order valence-corrected chi connectivity index (χ4v) is 1.55. The second kappa shape index (κ2) is 4.23. The number of nitrogens with zero attached hydrogens (tertiary/aromatic N) is 6. The summed E-state index contributed by atoms with van der Waals surface area (Å²) in [4.78, 5) is 0. The fraction of sp³-hybridized carbons (Fsp3) is 0. The molecule has 2 aliphatic rings. The Morgan fingerprint density at radius 2 is 1.69 bits per heavy atom. The Kier molecular flexibility index (Phi) is 2.61. The number of fused-ring (bicyclic) bond motifs is 1. The first-order valence-electron chi connectivity index (χ1n) is 4.49. The predicted octanol–water partition coefficient (Wildman–Crippen LogP) is 2.57. The van der Waals surface area contributed by atoms with Gasteiger partial charge in [-0.2, -0.15) is 0 Å². The molecule has 0 spiro atoms. The number of hydrogen-bond acceptors (Lipinski definition) is 3. The second-order valence-electron chi connectivity index (χ2n) is 3.03. The largest absolute Gasteiger partial charge is 0.362 e. The molecule has 0 aliphatic heterocycles. The molecule has 0 saturated carbocycles. The smallest absolute Gasteiger partial charge is 0.339 e. The molecule has 16 heavy (non-hydrogen) atoms. The summed E-state index contributed by atoms with van der Waals surface area (Å²) in [5.74, 6) is 0. The van der Waals surface area contributed by atoms with Gasteiger partial charge in [0, 0.05) is 5.57 Å². The first-order chi connectivity index (χ1) is 7.86. The van der Waals surface area contributed by atoms with E-state index in [0.29, 0.717) is 11.4 Å². The third kappa shape index (κ3) is 1.62. The van der Waals surface area contributed by atoms with E-state index in [0.717, 1.165) is 11.1 Å². The highest BCUT2D eigenvalue weighted by Crippen LogP contribution is 2.23. The van der Waals surface area contributed by atoms with Gasteiger partial charge in [0.2, 0.25) is 0 Å². The molecule has 0 unspecified atom stereocenters. The standard InChI is InChI=1S/C10H6N6/c11-15-13-9-5-1-3-7-8(9)4-2-6-10(7)14-16-12/h1-6H/b13-9+,14-10+. The SMILES string of the molecule is N#[N+]/N=C1\C=CC=C2C1=CC=C/C2=N\N=[N-]. The van der Waals surface area contributed by atoms with E-state index in [1.807, 2.05) is 12.2 Å². The topological polar surface area (TPSA) is 87.5 Å². The van der Waals surface area contributed by atoms with Gasteiger partial charge in [-0.05, 0) is 17.4 Å². The summed E-state index contributed by atoms with van der Waals surface area (Å²) in [6.07, 6.45) is 10.6. The van der Waals surface area contributed by atoms with Crippen LogP contribution in [0.1, 0.15) is 0 Å². The van der Waals surface area contributed by atoms with Crippen molar-refractivity contribution < 1.29 is 0 Å². The molecule has 0 aromatic heterocycles. The van der Waals surface area contributed by atoms with Crippen LogP contribution in [0, 0.1) is 5.39 Å². The average molecular weight is 210 g/mol. The Balaban J connectivity index is 2.52. The van der Waals surface area contributed by atoms with Crippen LogP contribution < -0.4 is 0 Å². The van der Waals surface area contributed by atoms with Crippen LogP contribution in [-0.2, 0) is 0 Å². The van der Waals surface area contributed by atoms with Crippen molar-refractivity contribution in [3.05, 3.63) is 58.2 Å². The number of rotatable bonds is 1. The van der Waals surface area contributed by atoms with E-state index in [-0.39, 0.29) is 0 Å². The Labute approximate surface area is 91.2 Å². The van der Waals surface area contributed by atoms with Crippen LogP contribution in [0.2, 0.25) is 0 Å². The molecule has 2 aliphatic carbocycles. The van der Waals surface area contributed by atoms with Crippen LogP contribution in [0.5, 0.6) is 0 Å². The van der Waals surface area contributed by atoms with E-state index in [4.69, 9.17) is 10.9 Å². The van der Waals surface area contributed by atoms with Gasteiger partial charge in [0.1, 0.15) is 0 Å². The van der Waals surface area contributed by atoms with E-state index in [9.17, 15) is 0 Å². The molecule has 0 amide bonds. The summed E-state index contributed by atoms with van der Waals surface area (Å²) in [6, 6.07) is 0. The zero-order valence-electron chi connectivity index (χ0n) is 8.15. The third-order valence-electron chi connectivity index (χ3n) is 2.18. The molecular formula is C10H6N6. The normalized spacial score (nSPS) is 22.4. The summed E-state index contributed by atoms with van der Waals surface area (Å²) < 4.78 is 0. The molecule has 0 saturated heterocycles. The van der Waals surface area contributed by atoms with E-state index in [2.05, 4.69) is 20.5 Å². The van der Waals surface area contributed by atoms with Crippen molar-refractivity contribution in [1.82, 2.24) is 0 Å². The van der Waals surface area contributed by atoms with Gasteiger partial charge < -0.3 is 10.6 Å².